The van der Waals surface area contributed by atoms with E-state index in [2.05, 4.69) is 32.6 Å². The van der Waals surface area contributed by atoms with Crippen LogP contribution in [0.4, 0.5) is 4.79 Å². The van der Waals surface area contributed by atoms with Crippen LogP contribution in [-0.4, -0.2) is 91.2 Å². The zero-order chi connectivity index (χ0) is 34.1. The van der Waals surface area contributed by atoms with E-state index in [-0.39, 0.29) is 31.0 Å². The van der Waals surface area contributed by atoms with Gasteiger partial charge >= 0.3 is 6.16 Å². The maximum Gasteiger partial charge on any atom is 0.508 e. The molecule has 2 fully saturated rings. The molecule has 0 aromatic heterocycles. The Bertz CT molecular complexity index is 727. The lowest BCUT2D eigenvalue weighted by atomic mass is 9.87. The second kappa shape index (κ2) is 26.9. The largest absolute Gasteiger partial charge is 0.508 e. The fourth-order valence-electron chi connectivity index (χ4n) is 7.20. The van der Waals surface area contributed by atoms with E-state index >= 15 is 0 Å². The Labute approximate surface area is 289 Å². The van der Waals surface area contributed by atoms with Gasteiger partial charge in [0.05, 0.1) is 38.1 Å². The van der Waals surface area contributed by atoms with Gasteiger partial charge in [-0.05, 0) is 38.1 Å². The molecule has 0 bridgehead atoms. The number of hydrogen-bond donors (Lipinski definition) is 2. The maximum atomic E-state index is 12.4. The van der Waals surface area contributed by atoms with Crippen molar-refractivity contribution >= 4 is 6.16 Å². The molecule has 0 spiro atoms. The summed E-state index contributed by atoms with van der Waals surface area (Å²) in [6.07, 6.45) is 22.3. The fraction of sp³-hybridized carbons (Fsp3) is 0.974. The van der Waals surface area contributed by atoms with Crippen LogP contribution in [0.5, 0.6) is 0 Å². The van der Waals surface area contributed by atoms with E-state index < -0.39 is 12.3 Å². The highest BCUT2D eigenvalue weighted by Gasteiger charge is 2.50. The molecule has 278 valence electrons. The van der Waals surface area contributed by atoms with E-state index in [1.807, 2.05) is 0 Å². The second-order valence-corrected chi connectivity index (χ2v) is 14.7. The molecule has 0 aromatic rings. The van der Waals surface area contributed by atoms with Crippen LogP contribution in [0, 0.1) is 11.8 Å². The summed E-state index contributed by atoms with van der Waals surface area (Å²) >= 11 is 0. The Morgan fingerprint density at radius 1 is 0.702 bits per heavy atom. The molecule has 2 rings (SSSR count). The number of carbonyl (C=O) groups is 1. The van der Waals surface area contributed by atoms with Crippen LogP contribution < -0.4 is 0 Å². The molecule has 8 heteroatoms. The lowest BCUT2D eigenvalue weighted by Gasteiger charge is -2.27. The highest BCUT2D eigenvalue weighted by atomic mass is 16.7. The molecule has 47 heavy (non-hydrogen) atoms. The Hall–Kier alpha value is -0.930. The topological polar surface area (TPSA) is 97.7 Å². The molecule has 2 saturated heterocycles. The molecule has 0 amide bonds. The number of fused-ring (bicyclic) bond motifs is 1. The number of aliphatic hydroxyl groups excluding tert-OH is 2. The average Bonchev–Trinajstić information content (AvgIpc) is 3.66. The summed E-state index contributed by atoms with van der Waals surface area (Å²) in [5.74, 6) is 0.850. The minimum atomic E-state index is -0.659. The zero-order valence-electron chi connectivity index (χ0n) is 31.0. The number of ether oxygens (including phenoxy) is 4. The monoisotopic (exact) mass is 670 g/mol. The summed E-state index contributed by atoms with van der Waals surface area (Å²) in [5.41, 5.74) is 0. The summed E-state index contributed by atoms with van der Waals surface area (Å²) in [6, 6.07) is 0. The molecule has 0 aliphatic carbocycles. The van der Waals surface area contributed by atoms with Gasteiger partial charge in [0.15, 0.2) is 6.10 Å². The number of nitrogens with zero attached hydrogens (tertiary/aromatic N) is 1. The third kappa shape index (κ3) is 18.6. The molecule has 0 saturated carbocycles. The van der Waals surface area contributed by atoms with Crippen molar-refractivity contribution in [3.63, 3.8) is 0 Å². The lowest BCUT2D eigenvalue weighted by Crippen LogP contribution is -2.38. The van der Waals surface area contributed by atoms with Gasteiger partial charge in [-0.2, -0.15) is 0 Å². The zero-order valence-corrected chi connectivity index (χ0v) is 31.0. The van der Waals surface area contributed by atoms with Crippen molar-refractivity contribution in [2.75, 3.05) is 39.5 Å². The Balaban J connectivity index is 1.67. The summed E-state index contributed by atoms with van der Waals surface area (Å²) < 4.78 is 22.9. The van der Waals surface area contributed by atoms with Crippen molar-refractivity contribution in [2.24, 2.45) is 11.8 Å². The van der Waals surface area contributed by atoms with Gasteiger partial charge in [-0.1, -0.05) is 137 Å². The predicted molar refractivity (Wildman–Crippen MR) is 191 cm³/mol. The highest BCUT2D eigenvalue weighted by molar-refractivity contribution is 5.60. The molecule has 2 aliphatic rings. The van der Waals surface area contributed by atoms with Crippen LogP contribution in [0.25, 0.3) is 0 Å². The molecule has 2 N–H and O–H groups in total. The smallest absolute Gasteiger partial charge is 0.434 e. The first kappa shape index (κ1) is 42.2. The molecule has 0 aromatic carbocycles. The summed E-state index contributed by atoms with van der Waals surface area (Å²) in [4.78, 5) is 14.7. The van der Waals surface area contributed by atoms with Crippen molar-refractivity contribution in [3.05, 3.63) is 0 Å². The summed E-state index contributed by atoms with van der Waals surface area (Å²) in [7, 11) is 0. The number of aliphatic hydroxyl groups is 2. The van der Waals surface area contributed by atoms with Crippen molar-refractivity contribution < 1.29 is 34.0 Å². The predicted octanol–water partition coefficient (Wildman–Crippen LogP) is 8.83. The van der Waals surface area contributed by atoms with Crippen LogP contribution >= 0.6 is 0 Å². The molecule has 0 radical (unpaired) electrons. The second-order valence-electron chi connectivity index (χ2n) is 14.7. The van der Waals surface area contributed by atoms with Crippen LogP contribution in [0.2, 0.25) is 0 Å². The van der Waals surface area contributed by atoms with Crippen molar-refractivity contribution in [2.45, 2.75) is 193 Å². The quantitative estimate of drug-likeness (QED) is 0.0579. The Morgan fingerprint density at radius 2 is 1.21 bits per heavy atom. The van der Waals surface area contributed by atoms with E-state index in [4.69, 9.17) is 18.9 Å². The van der Waals surface area contributed by atoms with Crippen LogP contribution in [0.1, 0.15) is 163 Å². The van der Waals surface area contributed by atoms with E-state index in [1.54, 1.807) is 0 Å². The molecule has 2 heterocycles. The van der Waals surface area contributed by atoms with Crippen LogP contribution in [0.15, 0.2) is 0 Å². The first-order chi connectivity index (χ1) is 22.9. The number of unbranched alkanes of at least 4 members (excludes halogenated alkanes) is 15. The highest BCUT2D eigenvalue weighted by Crippen LogP contribution is 2.37. The van der Waals surface area contributed by atoms with Crippen LogP contribution in [0.3, 0.4) is 0 Å². The number of rotatable bonds is 30. The molecule has 2 aliphatic heterocycles. The Morgan fingerprint density at radius 3 is 1.74 bits per heavy atom. The molecule has 8 nitrogen and oxygen atoms in total. The lowest BCUT2D eigenvalue weighted by molar-refractivity contribution is -0.0297. The standard InChI is InChI=1S/C39H75NO7/c1-5-8-10-12-14-16-18-20-24-33(41)28-40(29-34(42)25-21-19-17-15-13-11-9-6-2)26-22-23-27-44-39(43)47-36-31-46-37-35(32(4)7-3)30-45-38(36)37/h32-38,41-42H,5-31H2,1-4H3. The third-order valence-electron chi connectivity index (χ3n) is 10.5. The molecular weight excluding hydrogens is 594 g/mol. The van der Waals surface area contributed by atoms with Gasteiger partial charge in [0, 0.05) is 19.0 Å². The minimum absolute atomic E-state index is 0.00877. The number of hydrogen-bond acceptors (Lipinski definition) is 8. The normalized spacial score (nSPS) is 22.8. The van der Waals surface area contributed by atoms with Gasteiger partial charge in [-0.3, -0.25) is 4.90 Å². The summed E-state index contributed by atoms with van der Waals surface area (Å²) in [5, 5.41) is 21.7. The first-order valence-electron chi connectivity index (χ1n) is 20.0. The molecule has 7 atom stereocenters. The van der Waals surface area contributed by atoms with Gasteiger partial charge in [0.25, 0.3) is 0 Å². The Kier molecular flexibility index (Phi) is 24.2. The minimum Gasteiger partial charge on any atom is -0.434 e. The van der Waals surface area contributed by atoms with Crippen molar-refractivity contribution in [1.82, 2.24) is 4.90 Å². The van der Waals surface area contributed by atoms with Gasteiger partial charge in [0.1, 0.15) is 6.10 Å². The van der Waals surface area contributed by atoms with E-state index in [0.29, 0.717) is 44.6 Å². The van der Waals surface area contributed by atoms with E-state index in [0.717, 1.165) is 45.1 Å². The van der Waals surface area contributed by atoms with Gasteiger partial charge < -0.3 is 29.2 Å². The molecular formula is C39H75NO7. The van der Waals surface area contributed by atoms with Gasteiger partial charge in [-0.25, -0.2) is 4.79 Å². The van der Waals surface area contributed by atoms with Gasteiger partial charge in [0.2, 0.25) is 0 Å². The van der Waals surface area contributed by atoms with E-state index in [9.17, 15) is 15.0 Å². The molecule has 7 unspecified atom stereocenters. The van der Waals surface area contributed by atoms with Crippen molar-refractivity contribution in [1.29, 1.82) is 0 Å². The first-order valence-corrected chi connectivity index (χ1v) is 20.0. The number of carbonyl (C=O) groups excluding carboxylic acids is 1. The average molecular weight is 670 g/mol. The van der Waals surface area contributed by atoms with Crippen LogP contribution in [-0.2, 0) is 18.9 Å². The SMILES string of the molecule is CCCCCCCCCCC(O)CN(CCCCOC(=O)OC1COC2C(C(C)CC)COC12)CC(O)CCCCCCCCCC. The summed E-state index contributed by atoms with van der Waals surface area (Å²) in [6.45, 7) is 12.1. The third-order valence-corrected chi connectivity index (χ3v) is 10.5. The van der Waals surface area contributed by atoms with Crippen molar-refractivity contribution in [3.8, 4) is 0 Å². The van der Waals surface area contributed by atoms with Gasteiger partial charge in [-0.15, -0.1) is 0 Å². The van der Waals surface area contributed by atoms with E-state index in [1.165, 1.54) is 89.9 Å². The maximum absolute atomic E-state index is 12.4. The fourth-order valence-corrected chi connectivity index (χ4v) is 7.20.